The Labute approximate surface area is 159 Å². The van der Waals surface area contributed by atoms with Crippen LogP contribution in [0.4, 0.5) is 0 Å². The molecule has 2 heterocycles. The SMILES string of the molecule is Cc1ccc(-c2csc(Cn3c(=O)c(C)nc4ccc(Cl)cc43)n2)cc1. The standard InChI is InChI=1S/C20H16ClN3OS/c1-12-3-5-14(6-4-12)17-11-26-19(23-17)10-24-18-9-15(21)7-8-16(18)22-13(2)20(24)25/h3-9,11H,10H2,1-2H3. The van der Waals surface area contributed by atoms with Gasteiger partial charge in [-0.15, -0.1) is 11.3 Å². The molecule has 0 spiro atoms. The van der Waals surface area contributed by atoms with Crippen molar-refractivity contribution in [3.8, 4) is 11.3 Å². The van der Waals surface area contributed by atoms with Gasteiger partial charge in [0.2, 0.25) is 0 Å². The molecule has 4 rings (SSSR count). The lowest BCUT2D eigenvalue weighted by molar-refractivity contribution is 0.771. The molecule has 0 bridgehead atoms. The third-order valence-electron chi connectivity index (χ3n) is 4.26. The van der Waals surface area contributed by atoms with Gasteiger partial charge >= 0.3 is 0 Å². The van der Waals surface area contributed by atoms with Gasteiger partial charge in [-0.25, -0.2) is 9.97 Å². The summed E-state index contributed by atoms with van der Waals surface area (Å²) in [6.45, 7) is 4.19. The predicted octanol–water partition coefficient (Wildman–Crippen LogP) is 4.84. The van der Waals surface area contributed by atoms with Gasteiger partial charge in [0.25, 0.3) is 5.56 Å². The second-order valence-electron chi connectivity index (χ2n) is 6.21. The first-order valence-corrected chi connectivity index (χ1v) is 9.45. The lowest BCUT2D eigenvalue weighted by Gasteiger charge is -2.10. The van der Waals surface area contributed by atoms with Crippen LogP contribution in [0.5, 0.6) is 0 Å². The van der Waals surface area contributed by atoms with Crippen molar-refractivity contribution in [1.29, 1.82) is 0 Å². The molecule has 0 aliphatic rings. The second kappa shape index (κ2) is 6.67. The van der Waals surface area contributed by atoms with Crippen LogP contribution in [0.25, 0.3) is 22.3 Å². The van der Waals surface area contributed by atoms with E-state index in [1.807, 2.05) is 11.4 Å². The first-order valence-electron chi connectivity index (χ1n) is 8.19. The zero-order chi connectivity index (χ0) is 18.3. The largest absolute Gasteiger partial charge is 0.298 e. The van der Waals surface area contributed by atoms with E-state index in [1.165, 1.54) is 5.56 Å². The Kier molecular flexibility index (Phi) is 4.34. The molecule has 0 N–H and O–H groups in total. The Hall–Kier alpha value is -2.50. The van der Waals surface area contributed by atoms with Gasteiger partial charge in [0.1, 0.15) is 10.7 Å². The van der Waals surface area contributed by atoms with Gasteiger partial charge in [0, 0.05) is 16.0 Å². The van der Waals surface area contributed by atoms with Crippen molar-refractivity contribution in [2.75, 3.05) is 0 Å². The zero-order valence-electron chi connectivity index (χ0n) is 14.4. The van der Waals surface area contributed by atoms with Crippen molar-refractivity contribution in [2.24, 2.45) is 0 Å². The molecule has 0 aliphatic heterocycles. The maximum Gasteiger partial charge on any atom is 0.272 e. The van der Waals surface area contributed by atoms with Gasteiger partial charge in [-0.2, -0.15) is 0 Å². The average molecular weight is 382 g/mol. The van der Waals surface area contributed by atoms with E-state index in [2.05, 4.69) is 36.2 Å². The van der Waals surface area contributed by atoms with Crippen LogP contribution >= 0.6 is 22.9 Å². The van der Waals surface area contributed by atoms with Crippen LogP contribution in [0.2, 0.25) is 5.02 Å². The summed E-state index contributed by atoms with van der Waals surface area (Å²) in [7, 11) is 0. The topological polar surface area (TPSA) is 47.8 Å². The molecule has 0 saturated carbocycles. The van der Waals surface area contributed by atoms with E-state index in [9.17, 15) is 4.79 Å². The smallest absolute Gasteiger partial charge is 0.272 e. The first-order chi connectivity index (χ1) is 12.5. The quantitative estimate of drug-likeness (QED) is 0.510. The molecule has 2 aromatic heterocycles. The van der Waals surface area contributed by atoms with Crippen molar-refractivity contribution in [1.82, 2.24) is 14.5 Å². The molecule has 26 heavy (non-hydrogen) atoms. The molecular formula is C20H16ClN3OS. The third-order valence-corrected chi connectivity index (χ3v) is 5.33. The molecule has 0 atom stereocenters. The third kappa shape index (κ3) is 3.16. The summed E-state index contributed by atoms with van der Waals surface area (Å²) in [4.78, 5) is 21.7. The van der Waals surface area contributed by atoms with Gasteiger partial charge in [-0.1, -0.05) is 41.4 Å². The summed E-state index contributed by atoms with van der Waals surface area (Å²) in [6.07, 6.45) is 0. The molecule has 130 valence electrons. The summed E-state index contributed by atoms with van der Waals surface area (Å²) >= 11 is 7.67. The van der Waals surface area contributed by atoms with Crippen molar-refractivity contribution < 1.29 is 0 Å². The van der Waals surface area contributed by atoms with Crippen LogP contribution in [0, 0.1) is 13.8 Å². The van der Waals surface area contributed by atoms with Gasteiger partial charge in [-0.3, -0.25) is 9.36 Å². The monoisotopic (exact) mass is 381 g/mol. The number of aryl methyl sites for hydroxylation is 2. The molecule has 4 aromatic rings. The predicted molar refractivity (Wildman–Crippen MR) is 107 cm³/mol. The zero-order valence-corrected chi connectivity index (χ0v) is 15.9. The minimum atomic E-state index is -0.119. The van der Waals surface area contributed by atoms with E-state index in [0.717, 1.165) is 27.3 Å². The highest BCUT2D eigenvalue weighted by atomic mass is 35.5. The summed E-state index contributed by atoms with van der Waals surface area (Å²) in [6, 6.07) is 13.7. The fourth-order valence-electron chi connectivity index (χ4n) is 2.87. The summed E-state index contributed by atoms with van der Waals surface area (Å²) in [5.74, 6) is 0. The maximum atomic E-state index is 12.6. The number of hydrogen-bond acceptors (Lipinski definition) is 4. The van der Waals surface area contributed by atoms with Crippen LogP contribution in [0.15, 0.2) is 52.6 Å². The molecule has 0 aliphatic carbocycles. The van der Waals surface area contributed by atoms with Gasteiger partial charge in [0.15, 0.2) is 0 Å². The minimum Gasteiger partial charge on any atom is -0.298 e. The Balaban J connectivity index is 1.76. The van der Waals surface area contributed by atoms with Crippen LogP contribution in [0.3, 0.4) is 0 Å². The Morgan fingerprint density at radius 3 is 2.62 bits per heavy atom. The number of thiazole rings is 1. The Bertz CT molecular complexity index is 1160. The summed E-state index contributed by atoms with van der Waals surface area (Å²) in [5.41, 5.74) is 5.03. The Morgan fingerprint density at radius 1 is 1.08 bits per heavy atom. The first kappa shape index (κ1) is 16.9. The highest BCUT2D eigenvalue weighted by Crippen LogP contribution is 2.24. The van der Waals surface area contributed by atoms with E-state index in [-0.39, 0.29) is 5.56 Å². The number of nitrogens with zero attached hydrogens (tertiary/aromatic N) is 3. The number of fused-ring (bicyclic) bond motifs is 1. The minimum absolute atomic E-state index is 0.119. The molecule has 0 unspecified atom stereocenters. The van der Waals surface area contributed by atoms with Crippen molar-refractivity contribution in [2.45, 2.75) is 20.4 Å². The van der Waals surface area contributed by atoms with E-state index in [1.54, 1.807) is 35.0 Å². The van der Waals surface area contributed by atoms with E-state index >= 15 is 0 Å². The van der Waals surface area contributed by atoms with Crippen molar-refractivity contribution in [3.63, 3.8) is 0 Å². The molecule has 4 nitrogen and oxygen atoms in total. The van der Waals surface area contributed by atoms with Gasteiger partial charge in [-0.05, 0) is 32.0 Å². The Morgan fingerprint density at radius 2 is 1.85 bits per heavy atom. The van der Waals surface area contributed by atoms with E-state index in [0.29, 0.717) is 17.3 Å². The van der Waals surface area contributed by atoms with Crippen LogP contribution in [0.1, 0.15) is 16.3 Å². The van der Waals surface area contributed by atoms with Crippen LogP contribution in [-0.2, 0) is 6.54 Å². The number of halogens is 1. The van der Waals surface area contributed by atoms with Crippen molar-refractivity contribution in [3.05, 3.63) is 79.5 Å². The van der Waals surface area contributed by atoms with E-state index in [4.69, 9.17) is 16.6 Å². The highest BCUT2D eigenvalue weighted by Gasteiger charge is 2.12. The summed E-state index contributed by atoms with van der Waals surface area (Å²) in [5, 5.41) is 3.47. The summed E-state index contributed by atoms with van der Waals surface area (Å²) < 4.78 is 1.70. The molecule has 6 heteroatoms. The van der Waals surface area contributed by atoms with Gasteiger partial charge in [0.05, 0.1) is 23.3 Å². The fourth-order valence-corrected chi connectivity index (χ4v) is 3.83. The van der Waals surface area contributed by atoms with Crippen LogP contribution in [-0.4, -0.2) is 14.5 Å². The second-order valence-corrected chi connectivity index (χ2v) is 7.59. The number of benzene rings is 2. The lowest BCUT2D eigenvalue weighted by atomic mass is 10.1. The molecule has 0 fully saturated rings. The maximum absolute atomic E-state index is 12.6. The molecule has 0 amide bonds. The van der Waals surface area contributed by atoms with E-state index < -0.39 is 0 Å². The molecule has 2 aromatic carbocycles. The average Bonchev–Trinajstić information content (AvgIpc) is 3.09. The molecule has 0 saturated heterocycles. The molecular weight excluding hydrogens is 366 g/mol. The highest BCUT2D eigenvalue weighted by molar-refractivity contribution is 7.09. The number of rotatable bonds is 3. The molecule has 0 radical (unpaired) electrons. The van der Waals surface area contributed by atoms with Crippen molar-refractivity contribution >= 4 is 34.0 Å². The fraction of sp³-hybridized carbons (Fsp3) is 0.150. The van der Waals surface area contributed by atoms with Gasteiger partial charge < -0.3 is 0 Å². The lowest BCUT2D eigenvalue weighted by Crippen LogP contribution is -2.24. The van der Waals surface area contributed by atoms with Crippen LogP contribution < -0.4 is 5.56 Å². The number of hydrogen-bond donors (Lipinski definition) is 0. The number of aromatic nitrogens is 3. The normalized spacial score (nSPS) is 11.2.